The number of hydrogen-bond acceptors (Lipinski definition) is 3. The molecule has 0 saturated heterocycles. The molecule has 0 atom stereocenters. The number of anilines is 1. The van der Waals surface area contributed by atoms with E-state index >= 15 is 0 Å². The van der Waals surface area contributed by atoms with Crippen molar-refractivity contribution < 1.29 is 13.0 Å². The summed E-state index contributed by atoms with van der Waals surface area (Å²) >= 11 is 3.05. The first-order valence-electron chi connectivity index (χ1n) is 2.93. The second-order valence-electron chi connectivity index (χ2n) is 2.20. The van der Waals surface area contributed by atoms with Crippen LogP contribution in [-0.2, 0) is 10.1 Å². The van der Waals surface area contributed by atoms with Crippen LogP contribution >= 0.6 is 15.9 Å². The lowest BCUT2D eigenvalue weighted by Crippen LogP contribution is -1.99. The molecular formula is C6H6BrNO3S. The van der Waals surface area contributed by atoms with Gasteiger partial charge in [0.05, 0.1) is 4.90 Å². The van der Waals surface area contributed by atoms with Gasteiger partial charge in [-0.3, -0.25) is 4.55 Å². The highest BCUT2D eigenvalue weighted by Crippen LogP contribution is 2.20. The first-order valence-corrected chi connectivity index (χ1v) is 5.16. The average molecular weight is 252 g/mol. The van der Waals surface area contributed by atoms with Crippen LogP contribution in [0.2, 0.25) is 0 Å². The molecule has 1 aromatic rings. The van der Waals surface area contributed by atoms with E-state index in [-0.39, 0.29) is 10.6 Å². The van der Waals surface area contributed by atoms with Crippen LogP contribution in [0.5, 0.6) is 0 Å². The summed E-state index contributed by atoms with van der Waals surface area (Å²) in [7, 11) is -4.16. The Kier molecular flexibility index (Phi) is 2.41. The van der Waals surface area contributed by atoms with Crippen LogP contribution in [0.1, 0.15) is 0 Å². The van der Waals surface area contributed by atoms with E-state index in [1.165, 1.54) is 18.2 Å². The number of rotatable bonds is 1. The molecule has 1 aromatic carbocycles. The van der Waals surface area contributed by atoms with Gasteiger partial charge in [0.15, 0.2) is 0 Å². The number of halogens is 1. The Bertz CT molecular complexity index is 381. The molecule has 0 heterocycles. The molecule has 0 amide bonds. The Morgan fingerprint density at radius 2 is 1.92 bits per heavy atom. The second-order valence-corrected chi connectivity index (χ2v) is 4.53. The largest absolute Gasteiger partial charge is 0.399 e. The summed E-state index contributed by atoms with van der Waals surface area (Å²) in [6.45, 7) is 0. The van der Waals surface area contributed by atoms with Crippen LogP contribution in [0, 0.1) is 0 Å². The van der Waals surface area contributed by atoms with Crippen LogP contribution in [-0.4, -0.2) is 13.0 Å². The lowest BCUT2D eigenvalue weighted by molar-refractivity contribution is 0.483. The predicted molar refractivity (Wildman–Crippen MR) is 48.4 cm³/mol. The summed E-state index contributed by atoms with van der Waals surface area (Å²) in [5.41, 5.74) is 5.63. The maximum absolute atomic E-state index is 10.6. The zero-order chi connectivity index (χ0) is 9.35. The van der Waals surface area contributed by atoms with Crippen molar-refractivity contribution in [2.24, 2.45) is 0 Å². The Morgan fingerprint density at radius 1 is 1.33 bits per heavy atom. The van der Waals surface area contributed by atoms with Crippen molar-refractivity contribution in [3.8, 4) is 0 Å². The third-order valence-electron chi connectivity index (χ3n) is 1.19. The van der Waals surface area contributed by atoms with E-state index in [1.54, 1.807) is 0 Å². The van der Waals surface area contributed by atoms with E-state index in [1.807, 2.05) is 0 Å². The minimum absolute atomic E-state index is 0.214. The monoisotopic (exact) mass is 251 g/mol. The molecule has 0 saturated carbocycles. The maximum atomic E-state index is 10.6. The Hall–Kier alpha value is -0.590. The van der Waals surface area contributed by atoms with Gasteiger partial charge in [-0.15, -0.1) is 0 Å². The molecule has 66 valence electrons. The highest BCUT2D eigenvalue weighted by molar-refractivity contribution is 9.10. The van der Waals surface area contributed by atoms with Crippen molar-refractivity contribution in [2.75, 3.05) is 5.73 Å². The highest BCUT2D eigenvalue weighted by Gasteiger charge is 2.10. The molecule has 12 heavy (non-hydrogen) atoms. The van der Waals surface area contributed by atoms with Gasteiger partial charge in [0, 0.05) is 10.2 Å². The fourth-order valence-corrected chi connectivity index (χ4v) is 1.96. The minimum Gasteiger partial charge on any atom is -0.399 e. The highest BCUT2D eigenvalue weighted by atomic mass is 79.9. The van der Waals surface area contributed by atoms with E-state index in [0.29, 0.717) is 4.47 Å². The van der Waals surface area contributed by atoms with E-state index in [2.05, 4.69) is 15.9 Å². The van der Waals surface area contributed by atoms with Gasteiger partial charge in [-0.2, -0.15) is 8.42 Å². The second kappa shape index (κ2) is 3.04. The standard InChI is InChI=1S/C6H6BrNO3S/c7-4-1-5(8)3-6(2-4)12(9,10)11/h1-3H,8H2,(H,9,10,11). The van der Waals surface area contributed by atoms with E-state index in [9.17, 15) is 8.42 Å². The molecule has 6 heteroatoms. The minimum atomic E-state index is -4.16. The molecule has 0 aliphatic heterocycles. The molecule has 0 spiro atoms. The van der Waals surface area contributed by atoms with Crippen LogP contribution < -0.4 is 5.73 Å². The zero-order valence-electron chi connectivity index (χ0n) is 5.86. The van der Waals surface area contributed by atoms with Gasteiger partial charge in [-0.1, -0.05) is 15.9 Å². The molecule has 0 aliphatic carbocycles. The summed E-state index contributed by atoms with van der Waals surface area (Å²) in [6, 6.07) is 3.99. The molecule has 0 aliphatic rings. The Morgan fingerprint density at radius 3 is 2.33 bits per heavy atom. The number of benzene rings is 1. The summed E-state index contributed by atoms with van der Waals surface area (Å²) in [5, 5.41) is 0. The normalized spacial score (nSPS) is 11.5. The molecule has 3 N–H and O–H groups in total. The van der Waals surface area contributed by atoms with Crippen molar-refractivity contribution in [2.45, 2.75) is 4.90 Å². The first kappa shape index (κ1) is 9.50. The molecule has 0 fully saturated rings. The van der Waals surface area contributed by atoms with Gasteiger partial charge in [-0.25, -0.2) is 0 Å². The SMILES string of the molecule is Nc1cc(Br)cc(S(=O)(=O)O)c1. The van der Waals surface area contributed by atoms with Gasteiger partial charge in [0.2, 0.25) is 0 Å². The average Bonchev–Trinajstić information content (AvgIpc) is 1.82. The van der Waals surface area contributed by atoms with Gasteiger partial charge in [0.1, 0.15) is 0 Å². The van der Waals surface area contributed by atoms with Crippen LogP contribution in [0.4, 0.5) is 5.69 Å². The van der Waals surface area contributed by atoms with Crippen molar-refractivity contribution in [1.82, 2.24) is 0 Å². The fourth-order valence-electron chi connectivity index (χ4n) is 0.733. The molecule has 1 rings (SSSR count). The van der Waals surface area contributed by atoms with E-state index in [0.717, 1.165) is 0 Å². The fraction of sp³-hybridized carbons (Fsp3) is 0. The molecular weight excluding hydrogens is 246 g/mol. The molecule has 0 bridgehead atoms. The van der Waals surface area contributed by atoms with E-state index < -0.39 is 10.1 Å². The van der Waals surface area contributed by atoms with Crippen molar-refractivity contribution in [1.29, 1.82) is 0 Å². The van der Waals surface area contributed by atoms with Crippen molar-refractivity contribution in [3.05, 3.63) is 22.7 Å². The lowest BCUT2D eigenvalue weighted by Gasteiger charge is -1.99. The smallest absolute Gasteiger partial charge is 0.294 e. The number of nitrogen functional groups attached to an aromatic ring is 1. The van der Waals surface area contributed by atoms with Crippen molar-refractivity contribution >= 4 is 31.7 Å². The molecule has 4 nitrogen and oxygen atoms in total. The van der Waals surface area contributed by atoms with Gasteiger partial charge in [0.25, 0.3) is 10.1 Å². The molecule has 0 unspecified atom stereocenters. The molecule has 0 radical (unpaired) electrons. The van der Waals surface area contributed by atoms with Crippen LogP contribution in [0.25, 0.3) is 0 Å². The quantitative estimate of drug-likeness (QED) is 0.582. The summed E-state index contributed by atoms with van der Waals surface area (Å²) in [5.74, 6) is 0. The van der Waals surface area contributed by atoms with Crippen LogP contribution in [0.15, 0.2) is 27.6 Å². The van der Waals surface area contributed by atoms with Crippen molar-refractivity contribution in [3.63, 3.8) is 0 Å². The zero-order valence-corrected chi connectivity index (χ0v) is 8.26. The topological polar surface area (TPSA) is 80.4 Å². The first-order chi connectivity index (χ1) is 5.39. The Labute approximate surface area is 78.3 Å². The number of nitrogens with two attached hydrogens (primary N) is 1. The maximum Gasteiger partial charge on any atom is 0.294 e. The molecule has 0 aromatic heterocycles. The van der Waals surface area contributed by atoms with Gasteiger partial charge < -0.3 is 5.73 Å². The third-order valence-corrected chi connectivity index (χ3v) is 2.48. The summed E-state index contributed by atoms with van der Waals surface area (Å²) in [4.78, 5) is -0.214. The third kappa shape index (κ3) is 2.20. The predicted octanol–water partition coefficient (Wildman–Crippen LogP) is 1.28. The Balaban J connectivity index is 3.37. The van der Waals surface area contributed by atoms with Gasteiger partial charge >= 0.3 is 0 Å². The van der Waals surface area contributed by atoms with Gasteiger partial charge in [-0.05, 0) is 18.2 Å². The summed E-state index contributed by atoms with van der Waals surface area (Å²) in [6.07, 6.45) is 0. The lowest BCUT2D eigenvalue weighted by atomic mass is 10.3. The van der Waals surface area contributed by atoms with E-state index in [4.69, 9.17) is 10.3 Å². The number of hydrogen-bond donors (Lipinski definition) is 2. The van der Waals surface area contributed by atoms with Crippen LogP contribution in [0.3, 0.4) is 0 Å². The summed E-state index contributed by atoms with van der Waals surface area (Å²) < 4.78 is 30.4.